The fourth-order valence-electron chi connectivity index (χ4n) is 5.11. The molecule has 206 valence electrons. The first-order chi connectivity index (χ1) is 19.2. The van der Waals surface area contributed by atoms with Crippen molar-refractivity contribution < 1.29 is 9.90 Å². The first kappa shape index (κ1) is 27.8. The van der Waals surface area contributed by atoms with E-state index in [2.05, 4.69) is 31.3 Å². The minimum Gasteiger partial charge on any atom is -0.392 e. The van der Waals surface area contributed by atoms with Crippen LogP contribution < -0.4 is 10.3 Å². The molecule has 0 spiro atoms. The van der Waals surface area contributed by atoms with Gasteiger partial charge in [0.2, 0.25) is 5.95 Å². The minimum absolute atomic E-state index is 0.00111. The molecule has 0 radical (unpaired) electrons. The molecule has 0 saturated carbocycles. The van der Waals surface area contributed by atoms with Gasteiger partial charge in [0.25, 0.3) is 0 Å². The lowest BCUT2D eigenvalue weighted by atomic mass is 9.78. The summed E-state index contributed by atoms with van der Waals surface area (Å²) in [6.07, 6.45) is 3.06. The maximum atomic E-state index is 12.7. The summed E-state index contributed by atoms with van der Waals surface area (Å²) < 4.78 is 0. The highest BCUT2D eigenvalue weighted by Gasteiger charge is 2.32. The van der Waals surface area contributed by atoms with Crippen molar-refractivity contribution in [2.75, 3.05) is 24.4 Å². The Morgan fingerprint density at radius 2 is 1.55 bits per heavy atom. The Hall–Kier alpha value is -3.72. The third kappa shape index (κ3) is 6.20. The van der Waals surface area contributed by atoms with Crippen LogP contribution in [0.5, 0.6) is 0 Å². The molecule has 0 unspecified atom stereocenters. The van der Waals surface area contributed by atoms with Crippen molar-refractivity contribution >= 4 is 40.2 Å². The molecule has 1 aromatic heterocycles. The summed E-state index contributed by atoms with van der Waals surface area (Å²) in [6.45, 7) is 4.79. The molecule has 0 saturated heterocycles. The zero-order chi connectivity index (χ0) is 28.3. The molecule has 0 fully saturated rings. The normalized spacial score (nSPS) is 14.8. The number of nitrogens with zero attached hydrogens (tertiary/aromatic N) is 4. The SMILES string of the molecule is CN(C)N(C1=CC(=O)CC(C)(C)C1)c1nc(NCc2ccccc2Sc2ccccc2CO)nc2ccccc12. The van der Waals surface area contributed by atoms with Gasteiger partial charge in [0.05, 0.1) is 12.1 Å². The molecule has 40 heavy (non-hydrogen) atoms. The molecule has 0 bridgehead atoms. The van der Waals surface area contributed by atoms with E-state index >= 15 is 0 Å². The number of ketones is 1. The number of carbonyl (C=O) groups excluding carboxylic acids is 1. The molecule has 0 aliphatic heterocycles. The molecule has 0 atom stereocenters. The number of fused-ring (bicyclic) bond motifs is 1. The molecule has 2 N–H and O–H groups in total. The van der Waals surface area contributed by atoms with E-state index in [1.807, 2.05) is 84.8 Å². The van der Waals surface area contributed by atoms with Crippen LogP contribution >= 0.6 is 11.8 Å². The lowest BCUT2D eigenvalue weighted by Crippen LogP contribution is -2.40. The van der Waals surface area contributed by atoms with Gasteiger partial charge < -0.3 is 10.4 Å². The number of hydrogen-bond donors (Lipinski definition) is 2. The molecule has 1 aliphatic carbocycles. The zero-order valence-corrected chi connectivity index (χ0v) is 24.2. The highest BCUT2D eigenvalue weighted by Crippen LogP contribution is 2.39. The van der Waals surface area contributed by atoms with E-state index in [1.54, 1.807) is 17.8 Å². The van der Waals surface area contributed by atoms with E-state index in [0.717, 1.165) is 49.8 Å². The number of anilines is 2. The number of hydrogen-bond acceptors (Lipinski definition) is 8. The fraction of sp³-hybridized carbons (Fsp3) is 0.281. The van der Waals surface area contributed by atoms with E-state index in [9.17, 15) is 9.90 Å². The second-order valence-corrected chi connectivity index (χ2v) is 12.1. The average Bonchev–Trinajstić information content (AvgIpc) is 2.91. The minimum atomic E-state index is -0.130. The summed E-state index contributed by atoms with van der Waals surface area (Å²) in [4.78, 5) is 24.6. The Bertz CT molecular complexity index is 1570. The van der Waals surface area contributed by atoms with Crippen LogP contribution in [0.25, 0.3) is 10.9 Å². The summed E-state index contributed by atoms with van der Waals surface area (Å²) >= 11 is 1.64. The lowest BCUT2D eigenvalue weighted by molar-refractivity contribution is -0.117. The topological polar surface area (TPSA) is 81.6 Å². The smallest absolute Gasteiger partial charge is 0.225 e. The number of aliphatic hydroxyl groups excluding tert-OH is 1. The van der Waals surface area contributed by atoms with Gasteiger partial charge in [0, 0.05) is 54.0 Å². The van der Waals surface area contributed by atoms with Gasteiger partial charge in [-0.1, -0.05) is 74.1 Å². The first-order valence-corrected chi connectivity index (χ1v) is 14.2. The van der Waals surface area contributed by atoms with Crippen LogP contribution in [0, 0.1) is 5.41 Å². The van der Waals surface area contributed by atoms with Gasteiger partial charge >= 0.3 is 0 Å². The highest BCUT2D eigenvalue weighted by atomic mass is 32.2. The zero-order valence-electron chi connectivity index (χ0n) is 23.4. The van der Waals surface area contributed by atoms with Gasteiger partial charge in [-0.05, 0) is 47.2 Å². The number of carbonyl (C=O) groups is 1. The predicted octanol–water partition coefficient (Wildman–Crippen LogP) is 6.44. The number of aliphatic hydroxyl groups is 1. The molecule has 4 aromatic rings. The van der Waals surface area contributed by atoms with E-state index in [0.29, 0.717) is 18.9 Å². The summed E-state index contributed by atoms with van der Waals surface area (Å²) in [5.74, 6) is 1.37. The van der Waals surface area contributed by atoms with Crippen molar-refractivity contribution in [3.8, 4) is 0 Å². The van der Waals surface area contributed by atoms with E-state index in [-0.39, 0.29) is 17.8 Å². The molecule has 1 heterocycles. The maximum absolute atomic E-state index is 12.7. The molecule has 8 heteroatoms. The van der Waals surface area contributed by atoms with Crippen molar-refractivity contribution in [1.82, 2.24) is 15.0 Å². The van der Waals surface area contributed by atoms with Crippen molar-refractivity contribution in [1.29, 1.82) is 0 Å². The van der Waals surface area contributed by atoms with Crippen molar-refractivity contribution in [2.24, 2.45) is 5.41 Å². The predicted molar refractivity (Wildman–Crippen MR) is 162 cm³/mol. The quantitative estimate of drug-likeness (QED) is 0.229. The van der Waals surface area contributed by atoms with Gasteiger partial charge in [-0.25, -0.2) is 9.99 Å². The first-order valence-electron chi connectivity index (χ1n) is 13.4. The number of para-hydroxylation sites is 1. The van der Waals surface area contributed by atoms with E-state index in [1.165, 1.54) is 0 Å². The second-order valence-electron chi connectivity index (χ2n) is 11.0. The molecule has 3 aromatic carbocycles. The maximum Gasteiger partial charge on any atom is 0.225 e. The number of nitrogens with one attached hydrogen (secondary N) is 1. The Kier molecular flexibility index (Phi) is 8.21. The Morgan fingerprint density at radius 3 is 2.25 bits per heavy atom. The molecular weight excluding hydrogens is 518 g/mol. The number of hydrazine groups is 1. The van der Waals surface area contributed by atoms with Crippen LogP contribution in [0.15, 0.2) is 94.4 Å². The van der Waals surface area contributed by atoms with E-state index < -0.39 is 0 Å². The molecule has 7 nitrogen and oxygen atoms in total. The van der Waals surface area contributed by atoms with Crippen LogP contribution in [0.3, 0.4) is 0 Å². The number of rotatable bonds is 9. The largest absolute Gasteiger partial charge is 0.392 e. The van der Waals surface area contributed by atoms with Crippen LogP contribution in [-0.2, 0) is 17.9 Å². The van der Waals surface area contributed by atoms with Crippen LogP contribution in [-0.4, -0.2) is 40.0 Å². The second kappa shape index (κ2) is 11.8. The van der Waals surface area contributed by atoms with Gasteiger partial charge in [-0.15, -0.1) is 0 Å². The molecular formula is C32H35N5O2S. The summed E-state index contributed by atoms with van der Waals surface area (Å²) in [5, 5.41) is 18.2. The van der Waals surface area contributed by atoms with Crippen LogP contribution in [0.4, 0.5) is 11.8 Å². The summed E-state index contributed by atoms with van der Waals surface area (Å²) in [5.41, 5.74) is 3.62. The number of aromatic nitrogens is 2. The molecule has 0 amide bonds. The third-order valence-corrected chi connectivity index (χ3v) is 8.10. The Labute approximate surface area is 239 Å². The monoisotopic (exact) mass is 553 g/mol. The summed E-state index contributed by atoms with van der Waals surface area (Å²) in [6, 6.07) is 24.1. The Balaban J connectivity index is 1.48. The number of benzene rings is 3. The third-order valence-electron chi connectivity index (χ3n) is 6.87. The van der Waals surface area contributed by atoms with Crippen molar-refractivity contribution in [3.05, 3.63) is 95.7 Å². The van der Waals surface area contributed by atoms with E-state index in [4.69, 9.17) is 9.97 Å². The fourth-order valence-corrected chi connectivity index (χ4v) is 6.17. The van der Waals surface area contributed by atoms with Crippen LogP contribution in [0.1, 0.15) is 37.8 Å². The average molecular weight is 554 g/mol. The molecule has 5 rings (SSSR count). The van der Waals surface area contributed by atoms with Gasteiger partial charge in [0.1, 0.15) is 0 Å². The number of allylic oxidation sites excluding steroid dienone is 2. The summed E-state index contributed by atoms with van der Waals surface area (Å²) in [7, 11) is 3.93. The lowest BCUT2D eigenvalue weighted by Gasteiger charge is -2.38. The van der Waals surface area contributed by atoms with Crippen molar-refractivity contribution in [3.63, 3.8) is 0 Å². The highest BCUT2D eigenvalue weighted by molar-refractivity contribution is 7.99. The standard InChI is InChI=1S/C32H35N5O2S/c1-32(2)18-24(17-25(39)19-32)37(36(3)4)30-26-13-7-8-14-27(26)34-31(35-30)33-20-22-11-5-9-15-28(22)40-29-16-10-6-12-23(29)21-38/h5-17,38H,18-21H2,1-4H3,(H,33,34,35). The van der Waals surface area contributed by atoms with Gasteiger partial charge in [0.15, 0.2) is 11.6 Å². The molecule has 1 aliphatic rings. The van der Waals surface area contributed by atoms with Gasteiger partial charge in [-0.3, -0.25) is 9.80 Å². The Morgan fingerprint density at radius 1 is 0.900 bits per heavy atom. The van der Waals surface area contributed by atoms with Crippen molar-refractivity contribution in [2.45, 2.75) is 49.6 Å². The van der Waals surface area contributed by atoms with Gasteiger partial charge in [-0.2, -0.15) is 4.98 Å². The van der Waals surface area contributed by atoms with Crippen LogP contribution in [0.2, 0.25) is 0 Å².